The largest absolute Gasteiger partial charge is 0.384 e. The van der Waals surface area contributed by atoms with Crippen LogP contribution in [-0.4, -0.2) is 13.2 Å². The van der Waals surface area contributed by atoms with Crippen molar-refractivity contribution in [1.29, 1.82) is 0 Å². The summed E-state index contributed by atoms with van der Waals surface area (Å²) in [6.07, 6.45) is 0. The maximum atomic E-state index is 5.08. The molecule has 3 N–H and O–H groups in total. The first-order chi connectivity index (χ1) is 6.31. The SMILES string of the molecule is Cc1ccc2c(c1)C(CON)CN2. The number of fused-ring (bicyclic) bond motifs is 1. The predicted molar refractivity (Wildman–Crippen MR) is 52.5 cm³/mol. The highest BCUT2D eigenvalue weighted by atomic mass is 16.6. The van der Waals surface area contributed by atoms with Crippen LogP contribution in [0.3, 0.4) is 0 Å². The Morgan fingerprint density at radius 2 is 2.46 bits per heavy atom. The van der Waals surface area contributed by atoms with Crippen LogP contribution < -0.4 is 11.2 Å². The number of aryl methyl sites for hydroxylation is 1. The van der Waals surface area contributed by atoms with Gasteiger partial charge in [-0.1, -0.05) is 17.7 Å². The lowest BCUT2D eigenvalue weighted by molar-refractivity contribution is 0.127. The molecule has 0 fully saturated rings. The van der Waals surface area contributed by atoms with Gasteiger partial charge in [-0.15, -0.1) is 0 Å². The zero-order chi connectivity index (χ0) is 9.26. The molecule has 0 radical (unpaired) electrons. The van der Waals surface area contributed by atoms with Crippen LogP contribution in [-0.2, 0) is 4.84 Å². The average molecular weight is 178 g/mol. The molecule has 3 heteroatoms. The molecule has 1 unspecified atom stereocenters. The Hall–Kier alpha value is -1.06. The number of hydrogen-bond donors (Lipinski definition) is 2. The number of hydrogen-bond acceptors (Lipinski definition) is 3. The molecule has 0 saturated carbocycles. The molecule has 0 aromatic heterocycles. The van der Waals surface area contributed by atoms with Gasteiger partial charge in [0.1, 0.15) is 0 Å². The number of benzene rings is 1. The molecular weight excluding hydrogens is 164 g/mol. The van der Waals surface area contributed by atoms with E-state index in [2.05, 4.69) is 35.3 Å². The summed E-state index contributed by atoms with van der Waals surface area (Å²) in [5, 5.41) is 3.33. The Balaban J connectivity index is 2.29. The first-order valence-corrected chi connectivity index (χ1v) is 4.47. The van der Waals surface area contributed by atoms with E-state index >= 15 is 0 Å². The molecule has 0 amide bonds. The van der Waals surface area contributed by atoms with Gasteiger partial charge in [-0.25, -0.2) is 5.90 Å². The van der Waals surface area contributed by atoms with Gasteiger partial charge in [-0.2, -0.15) is 0 Å². The molecule has 1 aliphatic heterocycles. The van der Waals surface area contributed by atoms with Crippen molar-refractivity contribution in [2.24, 2.45) is 5.90 Å². The molecule has 13 heavy (non-hydrogen) atoms. The van der Waals surface area contributed by atoms with Crippen LogP contribution in [0.25, 0.3) is 0 Å². The van der Waals surface area contributed by atoms with Gasteiger partial charge in [0, 0.05) is 18.2 Å². The highest BCUT2D eigenvalue weighted by Gasteiger charge is 2.21. The minimum atomic E-state index is 0.403. The first kappa shape index (κ1) is 8.53. The molecule has 1 aliphatic rings. The molecule has 2 rings (SSSR count). The van der Waals surface area contributed by atoms with E-state index in [1.807, 2.05) is 0 Å². The van der Waals surface area contributed by atoms with Crippen LogP contribution in [0.1, 0.15) is 17.0 Å². The average Bonchev–Trinajstić information content (AvgIpc) is 2.49. The van der Waals surface area contributed by atoms with Crippen molar-refractivity contribution in [2.75, 3.05) is 18.5 Å². The van der Waals surface area contributed by atoms with Gasteiger partial charge in [0.05, 0.1) is 6.61 Å². The van der Waals surface area contributed by atoms with Gasteiger partial charge in [0.2, 0.25) is 0 Å². The van der Waals surface area contributed by atoms with Gasteiger partial charge in [-0.3, -0.25) is 0 Å². The molecule has 1 heterocycles. The summed E-state index contributed by atoms with van der Waals surface area (Å²) in [6.45, 7) is 3.61. The molecule has 0 bridgehead atoms. The van der Waals surface area contributed by atoms with E-state index in [-0.39, 0.29) is 0 Å². The summed E-state index contributed by atoms with van der Waals surface area (Å²) in [5.74, 6) is 5.48. The van der Waals surface area contributed by atoms with Crippen molar-refractivity contribution in [2.45, 2.75) is 12.8 Å². The van der Waals surface area contributed by atoms with Gasteiger partial charge in [0.15, 0.2) is 0 Å². The summed E-state index contributed by atoms with van der Waals surface area (Å²) in [7, 11) is 0. The second kappa shape index (κ2) is 3.36. The van der Waals surface area contributed by atoms with E-state index in [0.29, 0.717) is 12.5 Å². The van der Waals surface area contributed by atoms with Gasteiger partial charge in [0.25, 0.3) is 0 Å². The zero-order valence-corrected chi connectivity index (χ0v) is 7.71. The zero-order valence-electron chi connectivity index (χ0n) is 7.71. The Kier molecular flexibility index (Phi) is 2.20. The summed E-state index contributed by atoms with van der Waals surface area (Å²) < 4.78 is 0. The van der Waals surface area contributed by atoms with E-state index < -0.39 is 0 Å². The Bertz CT molecular complexity index is 310. The van der Waals surface area contributed by atoms with Crippen molar-refractivity contribution in [3.8, 4) is 0 Å². The van der Waals surface area contributed by atoms with Gasteiger partial charge in [-0.05, 0) is 18.6 Å². The van der Waals surface area contributed by atoms with Crippen molar-refractivity contribution in [1.82, 2.24) is 0 Å². The minimum Gasteiger partial charge on any atom is -0.384 e. The van der Waals surface area contributed by atoms with E-state index in [0.717, 1.165) is 6.54 Å². The molecule has 0 saturated heterocycles. The topological polar surface area (TPSA) is 47.3 Å². The van der Waals surface area contributed by atoms with Crippen molar-refractivity contribution < 1.29 is 4.84 Å². The first-order valence-electron chi connectivity index (χ1n) is 4.47. The maximum Gasteiger partial charge on any atom is 0.0765 e. The highest BCUT2D eigenvalue weighted by Crippen LogP contribution is 2.31. The summed E-state index contributed by atoms with van der Waals surface area (Å²) >= 11 is 0. The lowest BCUT2D eigenvalue weighted by atomic mass is 10.0. The van der Waals surface area contributed by atoms with Gasteiger partial charge >= 0.3 is 0 Å². The van der Waals surface area contributed by atoms with Crippen LogP contribution in [0.5, 0.6) is 0 Å². The summed E-state index contributed by atoms with van der Waals surface area (Å²) in [4.78, 5) is 4.68. The lowest BCUT2D eigenvalue weighted by Gasteiger charge is -2.07. The number of nitrogens with one attached hydrogen (secondary N) is 1. The Morgan fingerprint density at radius 1 is 1.62 bits per heavy atom. The second-order valence-electron chi connectivity index (χ2n) is 3.50. The molecule has 3 nitrogen and oxygen atoms in total. The highest BCUT2D eigenvalue weighted by molar-refractivity contribution is 5.58. The number of anilines is 1. The van der Waals surface area contributed by atoms with Crippen molar-refractivity contribution >= 4 is 5.69 Å². The third-order valence-electron chi connectivity index (χ3n) is 2.48. The number of nitrogens with two attached hydrogens (primary N) is 1. The van der Waals surface area contributed by atoms with E-state index in [1.54, 1.807) is 0 Å². The molecule has 0 spiro atoms. The fourth-order valence-electron chi connectivity index (χ4n) is 1.79. The Morgan fingerprint density at radius 3 is 3.23 bits per heavy atom. The van der Waals surface area contributed by atoms with Crippen LogP contribution >= 0.6 is 0 Å². The fraction of sp³-hybridized carbons (Fsp3) is 0.400. The fourth-order valence-corrected chi connectivity index (χ4v) is 1.79. The molecule has 1 atom stereocenters. The molecule has 1 aromatic carbocycles. The third-order valence-corrected chi connectivity index (χ3v) is 2.48. The normalized spacial score (nSPS) is 19.7. The van der Waals surface area contributed by atoms with Crippen molar-refractivity contribution in [3.63, 3.8) is 0 Å². The predicted octanol–water partition coefficient (Wildman–Crippen LogP) is 1.39. The van der Waals surface area contributed by atoms with Gasteiger partial charge < -0.3 is 10.2 Å². The molecule has 70 valence electrons. The summed E-state index contributed by atoms with van der Waals surface area (Å²) in [6, 6.07) is 6.41. The number of rotatable bonds is 2. The van der Waals surface area contributed by atoms with Crippen LogP contribution in [0, 0.1) is 6.92 Å². The van der Waals surface area contributed by atoms with E-state index in [9.17, 15) is 0 Å². The lowest BCUT2D eigenvalue weighted by Crippen LogP contribution is -2.12. The molecule has 0 aliphatic carbocycles. The smallest absolute Gasteiger partial charge is 0.0765 e. The molecular formula is C10H14N2O. The van der Waals surface area contributed by atoms with E-state index in [4.69, 9.17) is 5.90 Å². The minimum absolute atomic E-state index is 0.403. The second-order valence-corrected chi connectivity index (χ2v) is 3.50. The summed E-state index contributed by atoms with van der Waals surface area (Å²) in [5.41, 5.74) is 3.82. The van der Waals surface area contributed by atoms with Crippen LogP contribution in [0.15, 0.2) is 18.2 Å². The monoisotopic (exact) mass is 178 g/mol. The Labute approximate surface area is 77.8 Å². The standard InChI is InChI=1S/C10H14N2O/c1-7-2-3-10-9(4-7)8(5-12-10)6-13-11/h2-4,8,12H,5-6,11H2,1H3. The quantitative estimate of drug-likeness (QED) is 0.673. The van der Waals surface area contributed by atoms with Crippen molar-refractivity contribution in [3.05, 3.63) is 29.3 Å². The maximum absolute atomic E-state index is 5.08. The van der Waals surface area contributed by atoms with E-state index in [1.165, 1.54) is 16.8 Å². The molecule has 1 aromatic rings. The van der Waals surface area contributed by atoms with Crippen LogP contribution in [0.4, 0.5) is 5.69 Å². The van der Waals surface area contributed by atoms with Crippen LogP contribution in [0.2, 0.25) is 0 Å². The third kappa shape index (κ3) is 1.53.